The number of fused-ring (bicyclic) bond motifs is 8. The second-order valence-corrected chi connectivity index (χ2v) is 24.9. The quantitative estimate of drug-likeness (QED) is 0.119. The molecule has 2 aromatic rings. The van der Waals surface area contributed by atoms with Gasteiger partial charge in [-0.05, 0) is 137 Å². The van der Waals surface area contributed by atoms with Crippen LogP contribution >= 0.6 is 21.6 Å². The molecule has 7 unspecified atom stereocenters. The van der Waals surface area contributed by atoms with Crippen molar-refractivity contribution in [3.63, 3.8) is 0 Å². The molecule has 4 fully saturated rings. The lowest BCUT2D eigenvalue weighted by molar-refractivity contribution is -0.148. The molecule has 3 aliphatic carbocycles. The van der Waals surface area contributed by atoms with Crippen molar-refractivity contribution >= 4 is 45.5 Å². The number of benzene rings is 2. The first kappa shape index (κ1) is 51.6. The van der Waals surface area contributed by atoms with E-state index >= 15 is 0 Å². The summed E-state index contributed by atoms with van der Waals surface area (Å²) in [5.41, 5.74) is 18.0. The summed E-state index contributed by atoms with van der Waals surface area (Å²) in [7, 11) is 4.02. The number of hydrogen-bond acceptors (Lipinski definition) is 13. The predicted molar refractivity (Wildman–Crippen MR) is 287 cm³/mol. The van der Waals surface area contributed by atoms with E-state index in [1.165, 1.54) is 51.0 Å². The third-order valence-electron chi connectivity index (χ3n) is 17.1. The van der Waals surface area contributed by atoms with Gasteiger partial charge in [0.15, 0.2) is 17.5 Å². The SMILES string of the molecule is CC(=O)OC1CCc2cc(c(O)c3c2C=CC2CCCC2O3)CN2CC(CC3=CCNC(N)=C3)(CCN=C(N)NC3(CCCC34CCCC4)SSCC(CCc3ccccc3)CCCCC(O)C1)CC2=O. The van der Waals surface area contributed by atoms with E-state index in [1.807, 2.05) is 38.6 Å². The fraction of sp³-hybridized carbons (Fsp3) is 0.632. The van der Waals surface area contributed by atoms with Crippen molar-refractivity contribution in [3.05, 3.63) is 88.3 Å². The molecule has 12 nitrogen and oxygen atoms in total. The lowest BCUT2D eigenvalue weighted by Crippen LogP contribution is -2.55. The normalized spacial score (nSPS) is 30.8. The van der Waals surface area contributed by atoms with Crippen LogP contribution in [0.25, 0.3) is 6.08 Å². The fourth-order valence-corrected chi connectivity index (χ4v) is 17.3. The van der Waals surface area contributed by atoms with Crippen molar-refractivity contribution in [2.45, 2.75) is 178 Å². The molecule has 0 radical (unpaired) electrons. The monoisotopic (exact) mass is 1010 g/mol. The topological polar surface area (TPSA) is 185 Å². The number of amides is 1. The molecule has 4 aliphatic heterocycles. The first-order chi connectivity index (χ1) is 34.4. The van der Waals surface area contributed by atoms with E-state index < -0.39 is 17.6 Å². The maximum Gasteiger partial charge on any atom is 0.302 e. The summed E-state index contributed by atoms with van der Waals surface area (Å²) in [6.07, 6.45) is 27.5. The highest BCUT2D eigenvalue weighted by atomic mass is 33.1. The molecule has 2 spiro atoms. The van der Waals surface area contributed by atoms with Gasteiger partial charge in [-0.15, -0.1) is 0 Å². The molecule has 386 valence electrons. The van der Waals surface area contributed by atoms with Crippen molar-refractivity contribution in [2.24, 2.45) is 39.1 Å². The highest BCUT2D eigenvalue weighted by Crippen LogP contribution is 2.63. The average molecular weight is 1010 g/mol. The number of dihydropyridines is 1. The number of nitrogens with zero attached hydrogens (tertiary/aromatic N) is 2. The van der Waals surface area contributed by atoms with Gasteiger partial charge >= 0.3 is 5.97 Å². The Bertz CT molecular complexity index is 2310. The summed E-state index contributed by atoms with van der Waals surface area (Å²) < 4.78 is 12.7. The minimum Gasteiger partial charge on any atom is -0.504 e. The zero-order valence-corrected chi connectivity index (χ0v) is 43.8. The maximum atomic E-state index is 14.4. The van der Waals surface area contributed by atoms with Crippen LogP contribution < -0.4 is 26.8 Å². The van der Waals surface area contributed by atoms with Crippen molar-refractivity contribution in [1.82, 2.24) is 15.5 Å². The lowest BCUT2D eigenvalue weighted by Gasteiger charge is -2.44. The Morgan fingerprint density at radius 1 is 0.986 bits per heavy atom. The predicted octanol–water partition coefficient (Wildman–Crippen LogP) is 9.96. The van der Waals surface area contributed by atoms with Gasteiger partial charge in [-0.2, -0.15) is 0 Å². The van der Waals surface area contributed by atoms with Gasteiger partial charge in [-0.3, -0.25) is 14.6 Å². The second kappa shape index (κ2) is 23.3. The van der Waals surface area contributed by atoms with Crippen LogP contribution in [0.4, 0.5) is 0 Å². The number of allylic oxidation sites excluding steroid dienone is 2. The number of aliphatic imine (C=N–C) groups is 1. The number of aliphatic hydroxyl groups is 1. The van der Waals surface area contributed by atoms with Crippen LogP contribution in [0.2, 0.25) is 0 Å². The number of aromatic hydroxyl groups is 1. The van der Waals surface area contributed by atoms with E-state index in [-0.39, 0.29) is 46.5 Å². The zero-order valence-electron chi connectivity index (χ0n) is 42.1. The van der Waals surface area contributed by atoms with E-state index in [1.54, 1.807) is 0 Å². The van der Waals surface area contributed by atoms with Crippen LogP contribution in [0.3, 0.4) is 0 Å². The molecule has 14 heteroatoms. The number of carbonyl (C=O) groups excluding carboxylic acids is 2. The number of phenols is 1. The summed E-state index contributed by atoms with van der Waals surface area (Å²) >= 11 is 0. The first-order valence-corrected chi connectivity index (χ1v) is 29.4. The van der Waals surface area contributed by atoms with Crippen LogP contribution in [0.5, 0.6) is 11.5 Å². The number of esters is 1. The van der Waals surface area contributed by atoms with E-state index in [0.717, 1.165) is 80.2 Å². The molecule has 2 aromatic carbocycles. The van der Waals surface area contributed by atoms with Gasteiger partial charge in [0.2, 0.25) is 5.91 Å². The largest absolute Gasteiger partial charge is 0.504 e. The van der Waals surface area contributed by atoms with Gasteiger partial charge in [0.25, 0.3) is 0 Å². The van der Waals surface area contributed by atoms with Crippen molar-refractivity contribution < 1.29 is 29.3 Å². The number of phenolic OH excluding ortho intramolecular Hbond substituents is 1. The van der Waals surface area contributed by atoms with Crippen LogP contribution in [0.15, 0.2) is 71.0 Å². The minimum atomic E-state index is -0.613. The number of aliphatic hydroxyl groups excluding tert-OH is 1. The number of nitrogens with one attached hydrogen (secondary N) is 2. The molecule has 1 saturated heterocycles. The Morgan fingerprint density at radius 2 is 1.80 bits per heavy atom. The molecule has 7 atom stereocenters. The summed E-state index contributed by atoms with van der Waals surface area (Å²) in [6.45, 7) is 3.25. The van der Waals surface area contributed by atoms with Gasteiger partial charge in [0.05, 0.1) is 11.9 Å². The van der Waals surface area contributed by atoms with Crippen LogP contribution in [-0.4, -0.2) is 81.5 Å². The third-order valence-corrected chi connectivity index (χ3v) is 20.5. The van der Waals surface area contributed by atoms with E-state index in [2.05, 4.69) is 59.2 Å². The maximum absolute atomic E-state index is 14.4. The summed E-state index contributed by atoms with van der Waals surface area (Å²) in [4.78, 5) is 33.8. The van der Waals surface area contributed by atoms with Crippen molar-refractivity contribution in [1.29, 1.82) is 0 Å². The minimum absolute atomic E-state index is 0.0315. The average Bonchev–Trinajstić information content (AvgIpc) is 4.12. The van der Waals surface area contributed by atoms with Crippen LogP contribution in [0, 0.1) is 22.7 Å². The molecular weight excluding hydrogens is 929 g/mol. The van der Waals surface area contributed by atoms with E-state index in [9.17, 15) is 19.8 Å². The Balaban J connectivity index is 1.03. The molecule has 4 heterocycles. The summed E-state index contributed by atoms with van der Waals surface area (Å²) in [5.74, 6) is 3.12. The Labute approximate surface area is 430 Å². The number of nitrogens with two attached hydrogens (primary N) is 2. The molecular formula is C57H80N6O6S2. The van der Waals surface area contributed by atoms with Crippen LogP contribution in [0.1, 0.15) is 158 Å². The molecule has 8 N–H and O–H groups in total. The lowest BCUT2D eigenvalue weighted by atomic mass is 9.77. The van der Waals surface area contributed by atoms with Gasteiger partial charge in [-0.25, -0.2) is 0 Å². The Morgan fingerprint density at radius 3 is 2.62 bits per heavy atom. The summed E-state index contributed by atoms with van der Waals surface area (Å²) in [5, 5.41) is 30.8. The number of rotatable bonds is 6. The highest BCUT2D eigenvalue weighted by Gasteiger charge is 2.57. The highest BCUT2D eigenvalue weighted by molar-refractivity contribution is 8.77. The number of guanidine groups is 1. The van der Waals surface area contributed by atoms with Crippen LogP contribution in [-0.2, 0) is 33.7 Å². The van der Waals surface area contributed by atoms with Gasteiger partial charge in [-0.1, -0.05) is 95.8 Å². The molecule has 4 bridgehead atoms. The fourth-order valence-electron chi connectivity index (χ4n) is 13.4. The molecule has 1 amide bonds. The zero-order chi connectivity index (χ0) is 49.4. The number of aryl methyl sites for hydroxylation is 2. The number of ether oxygens (including phenoxy) is 2. The van der Waals surface area contributed by atoms with E-state index in [4.69, 9.17) is 25.9 Å². The molecule has 71 heavy (non-hydrogen) atoms. The van der Waals surface area contributed by atoms with Gasteiger partial charge in [0, 0.05) is 79.6 Å². The standard InChI is InChI=1S/C57H80N6O6S2/c1-39(64)68-47-21-19-44-32-45(52(67)53-48(44)22-20-43-14-9-16-49(43)69-53)36-63-38-55(35-51(63)66,34-42-23-29-60-50(58)31-42)28-30-61-54(59)62-57(27-10-26-56(57)24-7-8-25-56)71-70-37-41(13-5-6-15-46(65)33-47)18-17-40-11-3-2-4-12-40/h2-4,11-12,20,22-23,31-32,41,43,46-47,49,60,65,67H,5-10,13-19,21,24-30,33-38,58H2,1H3,(H3,59,61,62). The molecule has 3 saturated carbocycles. The van der Waals surface area contributed by atoms with Gasteiger partial charge in [0.1, 0.15) is 17.1 Å². The molecule has 0 aromatic heterocycles. The smallest absolute Gasteiger partial charge is 0.302 e. The Hall–Kier alpha value is -4.27. The molecule has 7 aliphatic rings. The number of carbonyl (C=O) groups is 2. The third kappa shape index (κ3) is 12.6. The second-order valence-electron chi connectivity index (χ2n) is 22.3. The first-order valence-electron chi connectivity index (χ1n) is 27.1. The summed E-state index contributed by atoms with van der Waals surface area (Å²) in [6, 6.07) is 12.8. The van der Waals surface area contributed by atoms with E-state index in [0.29, 0.717) is 93.6 Å². The Kier molecular flexibility index (Phi) is 16.9. The van der Waals surface area contributed by atoms with Crippen molar-refractivity contribution in [2.75, 3.05) is 25.4 Å². The van der Waals surface area contributed by atoms with Gasteiger partial charge < -0.3 is 46.7 Å². The van der Waals surface area contributed by atoms with Crippen molar-refractivity contribution in [3.8, 4) is 11.5 Å². The number of hydrogen-bond donors (Lipinski definition) is 6. The molecule has 9 rings (SSSR count).